The monoisotopic (exact) mass is 194 g/mol. The van der Waals surface area contributed by atoms with Crippen molar-refractivity contribution in [2.45, 2.75) is 20.3 Å². The molecule has 0 saturated heterocycles. The van der Waals surface area contributed by atoms with Gasteiger partial charge in [0.1, 0.15) is 5.75 Å². The largest absolute Gasteiger partial charge is 0.426 e. The number of benzene rings is 1. The second-order valence-corrected chi connectivity index (χ2v) is 3.27. The fourth-order valence-electron chi connectivity index (χ4n) is 1.27. The maximum absolute atomic E-state index is 11.1. The number of carbonyl (C=O) groups is 1. The van der Waals surface area contributed by atoms with Gasteiger partial charge in [-0.3, -0.25) is 4.79 Å². The van der Waals surface area contributed by atoms with Gasteiger partial charge in [-0.05, 0) is 37.1 Å². The summed E-state index contributed by atoms with van der Waals surface area (Å²) in [6, 6.07) is 5.59. The van der Waals surface area contributed by atoms with Crippen LogP contribution in [0.5, 0.6) is 5.75 Å². The second-order valence-electron chi connectivity index (χ2n) is 3.27. The fourth-order valence-corrected chi connectivity index (χ4v) is 1.27. The van der Waals surface area contributed by atoms with Crippen LogP contribution in [-0.2, 0) is 4.79 Å². The van der Waals surface area contributed by atoms with Crippen LogP contribution in [0, 0.1) is 13.8 Å². The smallest absolute Gasteiger partial charge is 0.313 e. The zero-order valence-corrected chi connectivity index (χ0v) is 8.41. The molecule has 1 aromatic rings. The number of esters is 1. The van der Waals surface area contributed by atoms with Crippen molar-refractivity contribution in [2.24, 2.45) is 0 Å². The van der Waals surface area contributed by atoms with Gasteiger partial charge in [-0.25, -0.2) is 0 Å². The van der Waals surface area contributed by atoms with E-state index < -0.39 is 5.97 Å². The van der Waals surface area contributed by atoms with Crippen molar-refractivity contribution in [3.63, 3.8) is 0 Å². The average molecular weight is 194 g/mol. The fraction of sp³-hybridized carbons (Fsp3) is 0.364. The van der Waals surface area contributed by atoms with E-state index in [0.29, 0.717) is 5.75 Å². The Hall–Kier alpha value is -1.35. The first kappa shape index (κ1) is 10.7. The Labute approximate surface area is 83.3 Å². The zero-order valence-electron chi connectivity index (χ0n) is 8.41. The number of ether oxygens (including phenoxy) is 1. The van der Waals surface area contributed by atoms with Crippen molar-refractivity contribution in [1.82, 2.24) is 0 Å². The number of carbonyl (C=O) groups excluding carboxylic acids is 1. The molecule has 76 valence electrons. The predicted molar refractivity (Wildman–Crippen MR) is 53.3 cm³/mol. The normalized spacial score (nSPS) is 9.93. The van der Waals surface area contributed by atoms with Crippen molar-refractivity contribution in [3.8, 4) is 5.75 Å². The predicted octanol–water partition coefficient (Wildman–Crippen LogP) is 1.59. The average Bonchev–Trinajstić information content (AvgIpc) is 2.01. The molecule has 1 N–H and O–H groups in total. The molecule has 14 heavy (non-hydrogen) atoms. The van der Waals surface area contributed by atoms with Gasteiger partial charge in [-0.2, -0.15) is 0 Å². The summed E-state index contributed by atoms with van der Waals surface area (Å²) in [5, 5.41) is 8.52. The molecule has 0 saturated carbocycles. The van der Waals surface area contributed by atoms with Crippen molar-refractivity contribution in [3.05, 3.63) is 29.3 Å². The highest BCUT2D eigenvalue weighted by atomic mass is 16.5. The van der Waals surface area contributed by atoms with Crippen molar-refractivity contribution in [2.75, 3.05) is 6.61 Å². The summed E-state index contributed by atoms with van der Waals surface area (Å²) in [6.45, 7) is 3.70. The van der Waals surface area contributed by atoms with Crippen LogP contribution in [0.4, 0.5) is 0 Å². The van der Waals surface area contributed by atoms with Crippen LogP contribution in [0.1, 0.15) is 17.5 Å². The van der Waals surface area contributed by atoms with Gasteiger partial charge in [-0.15, -0.1) is 0 Å². The van der Waals surface area contributed by atoms with Gasteiger partial charge < -0.3 is 9.84 Å². The summed E-state index contributed by atoms with van der Waals surface area (Å²) < 4.78 is 5.02. The highest BCUT2D eigenvalue weighted by Gasteiger charge is 2.04. The lowest BCUT2D eigenvalue weighted by Gasteiger charge is -2.05. The SMILES string of the molecule is Cc1cc(C)cc(OC(=O)CCO)c1. The minimum Gasteiger partial charge on any atom is -0.426 e. The number of hydrogen-bond donors (Lipinski definition) is 1. The minimum absolute atomic E-state index is 0.0347. The number of aliphatic hydroxyl groups excluding tert-OH is 1. The molecule has 1 rings (SSSR count). The van der Waals surface area contributed by atoms with Crippen LogP contribution in [0.3, 0.4) is 0 Å². The van der Waals surface area contributed by atoms with Crippen molar-refractivity contribution in [1.29, 1.82) is 0 Å². The van der Waals surface area contributed by atoms with Gasteiger partial charge >= 0.3 is 5.97 Å². The first-order chi connectivity index (χ1) is 6.61. The van der Waals surface area contributed by atoms with E-state index in [-0.39, 0.29) is 13.0 Å². The summed E-state index contributed by atoms with van der Waals surface area (Å²) >= 11 is 0. The molecule has 1 aromatic carbocycles. The molecule has 0 heterocycles. The van der Waals surface area contributed by atoms with E-state index in [1.54, 1.807) is 12.1 Å². The molecule has 0 atom stereocenters. The van der Waals surface area contributed by atoms with Crippen LogP contribution in [-0.4, -0.2) is 17.7 Å². The van der Waals surface area contributed by atoms with Crippen molar-refractivity contribution >= 4 is 5.97 Å². The van der Waals surface area contributed by atoms with Crippen LogP contribution >= 0.6 is 0 Å². The maximum atomic E-state index is 11.1. The topological polar surface area (TPSA) is 46.5 Å². The summed E-state index contributed by atoms with van der Waals surface area (Å²) in [4.78, 5) is 11.1. The Morgan fingerprint density at radius 3 is 2.36 bits per heavy atom. The zero-order chi connectivity index (χ0) is 10.6. The van der Waals surface area contributed by atoms with Gasteiger partial charge in [0.05, 0.1) is 13.0 Å². The summed E-state index contributed by atoms with van der Waals surface area (Å²) in [5.74, 6) is 0.137. The summed E-state index contributed by atoms with van der Waals surface area (Å²) in [6.07, 6.45) is 0.0347. The quantitative estimate of drug-likeness (QED) is 0.587. The highest BCUT2D eigenvalue weighted by Crippen LogP contribution is 2.16. The molecule has 0 aromatic heterocycles. The van der Waals surface area contributed by atoms with Crippen LogP contribution in [0.2, 0.25) is 0 Å². The molecule has 0 unspecified atom stereocenters. The maximum Gasteiger partial charge on any atom is 0.313 e. The third kappa shape index (κ3) is 3.18. The first-order valence-electron chi connectivity index (χ1n) is 4.51. The molecular formula is C11H14O3. The molecule has 0 amide bonds. The Morgan fingerprint density at radius 1 is 1.29 bits per heavy atom. The Bertz CT molecular complexity index is 311. The number of rotatable bonds is 3. The van der Waals surface area contributed by atoms with Gasteiger partial charge in [0, 0.05) is 0 Å². The molecule has 0 aliphatic carbocycles. The van der Waals surface area contributed by atoms with Crippen molar-refractivity contribution < 1.29 is 14.6 Å². The number of aliphatic hydroxyl groups is 1. The van der Waals surface area contributed by atoms with Gasteiger partial charge in [0.25, 0.3) is 0 Å². The van der Waals surface area contributed by atoms with Gasteiger partial charge in [0.15, 0.2) is 0 Å². The van der Waals surface area contributed by atoms with E-state index in [2.05, 4.69) is 0 Å². The van der Waals surface area contributed by atoms with E-state index in [0.717, 1.165) is 11.1 Å². The standard InChI is InChI=1S/C11H14O3/c1-8-5-9(2)7-10(6-8)14-11(13)3-4-12/h5-7,12H,3-4H2,1-2H3. The molecule has 0 aliphatic rings. The van der Waals surface area contributed by atoms with E-state index >= 15 is 0 Å². The summed E-state index contributed by atoms with van der Waals surface area (Å²) in [5.41, 5.74) is 2.11. The van der Waals surface area contributed by atoms with Crippen LogP contribution < -0.4 is 4.74 Å². The van der Waals surface area contributed by atoms with Gasteiger partial charge in [0.2, 0.25) is 0 Å². The summed E-state index contributed by atoms with van der Waals surface area (Å²) in [7, 11) is 0. The first-order valence-corrected chi connectivity index (χ1v) is 4.51. The number of hydrogen-bond acceptors (Lipinski definition) is 3. The lowest BCUT2D eigenvalue weighted by Crippen LogP contribution is -2.09. The molecule has 0 aliphatic heterocycles. The second kappa shape index (κ2) is 4.77. The molecule has 0 bridgehead atoms. The van der Waals surface area contributed by atoms with Crippen LogP contribution in [0.15, 0.2) is 18.2 Å². The van der Waals surface area contributed by atoms with E-state index in [4.69, 9.17) is 9.84 Å². The Morgan fingerprint density at radius 2 is 1.86 bits per heavy atom. The molecule has 0 radical (unpaired) electrons. The Balaban J connectivity index is 2.71. The lowest BCUT2D eigenvalue weighted by atomic mass is 10.1. The molecule has 0 spiro atoms. The third-order valence-corrected chi connectivity index (χ3v) is 1.74. The molecule has 3 nitrogen and oxygen atoms in total. The van der Waals surface area contributed by atoms with E-state index in [1.807, 2.05) is 19.9 Å². The molecular weight excluding hydrogens is 180 g/mol. The van der Waals surface area contributed by atoms with Gasteiger partial charge in [-0.1, -0.05) is 6.07 Å². The van der Waals surface area contributed by atoms with Crippen LogP contribution in [0.25, 0.3) is 0 Å². The van der Waals surface area contributed by atoms with E-state index in [9.17, 15) is 4.79 Å². The number of aryl methyl sites for hydroxylation is 2. The minimum atomic E-state index is -0.405. The highest BCUT2D eigenvalue weighted by molar-refractivity contribution is 5.72. The lowest BCUT2D eigenvalue weighted by molar-refractivity contribution is -0.135. The molecule has 0 fully saturated rings. The molecule has 3 heteroatoms. The van der Waals surface area contributed by atoms with E-state index in [1.165, 1.54) is 0 Å². The Kier molecular flexibility index (Phi) is 3.65. The third-order valence-electron chi connectivity index (χ3n) is 1.74.